The predicted molar refractivity (Wildman–Crippen MR) is 103 cm³/mol. The van der Waals surface area contributed by atoms with Gasteiger partial charge in [-0.3, -0.25) is 4.79 Å². The van der Waals surface area contributed by atoms with Gasteiger partial charge in [-0.2, -0.15) is 0 Å². The van der Waals surface area contributed by atoms with Gasteiger partial charge in [0.25, 0.3) is 5.91 Å². The summed E-state index contributed by atoms with van der Waals surface area (Å²) in [5, 5.41) is 2.85. The fourth-order valence-electron chi connectivity index (χ4n) is 2.33. The molecule has 0 bridgehead atoms. The van der Waals surface area contributed by atoms with Crippen molar-refractivity contribution in [2.45, 2.75) is 6.92 Å². The van der Waals surface area contributed by atoms with Crippen LogP contribution in [0.5, 0.6) is 0 Å². The standard InChI is InChI=1S/C18H14Br2N2O2/c1-10-8-13(21)9-14(20)17(10)22-18(23)16-7-6-15(24-16)11-2-4-12(19)5-3-11/h2-9H,21H2,1H3,(H,22,23). The number of furan rings is 1. The number of amides is 1. The number of rotatable bonds is 3. The van der Waals surface area contributed by atoms with Gasteiger partial charge in [0, 0.05) is 20.2 Å². The Balaban J connectivity index is 1.83. The van der Waals surface area contributed by atoms with Crippen LogP contribution in [0.15, 0.2) is 61.9 Å². The van der Waals surface area contributed by atoms with Crippen LogP contribution in [0.2, 0.25) is 0 Å². The first-order valence-electron chi connectivity index (χ1n) is 7.17. The first-order valence-corrected chi connectivity index (χ1v) is 8.75. The van der Waals surface area contributed by atoms with Gasteiger partial charge >= 0.3 is 0 Å². The molecule has 4 nitrogen and oxygen atoms in total. The van der Waals surface area contributed by atoms with Crippen molar-refractivity contribution < 1.29 is 9.21 Å². The summed E-state index contributed by atoms with van der Waals surface area (Å²) in [5.41, 5.74) is 8.87. The highest BCUT2D eigenvalue weighted by Crippen LogP contribution is 2.30. The molecule has 1 aromatic heterocycles. The Hall–Kier alpha value is -2.05. The number of anilines is 2. The van der Waals surface area contributed by atoms with Crippen molar-refractivity contribution in [2.24, 2.45) is 0 Å². The molecule has 122 valence electrons. The maximum atomic E-state index is 12.4. The summed E-state index contributed by atoms with van der Waals surface area (Å²) in [7, 11) is 0. The molecular weight excluding hydrogens is 436 g/mol. The number of carbonyl (C=O) groups is 1. The molecule has 24 heavy (non-hydrogen) atoms. The molecule has 0 fully saturated rings. The first kappa shape index (κ1) is 16.8. The summed E-state index contributed by atoms with van der Waals surface area (Å²) in [5.74, 6) is 0.573. The van der Waals surface area contributed by atoms with Crippen LogP contribution in [-0.2, 0) is 0 Å². The molecule has 3 aromatic rings. The van der Waals surface area contributed by atoms with E-state index in [1.54, 1.807) is 24.3 Å². The van der Waals surface area contributed by atoms with E-state index in [9.17, 15) is 4.79 Å². The van der Waals surface area contributed by atoms with Gasteiger partial charge in [0.2, 0.25) is 0 Å². The van der Waals surface area contributed by atoms with Crippen molar-refractivity contribution in [1.29, 1.82) is 0 Å². The normalized spacial score (nSPS) is 10.6. The Bertz CT molecular complexity index is 879. The van der Waals surface area contributed by atoms with E-state index in [1.165, 1.54) is 0 Å². The number of halogens is 2. The van der Waals surface area contributed by atoms with E-state index >= 15 is 0 Å². The highest BCUT2D eigenvalue weighted by atomic mass is 79.9. The molecule has 3 N–H and O–H groups in total. The molecule has 0 spiro atoms. The molecular formula is C18H14Br2N2O2. The summed E-state index contributed by atoms with van der Waals surface area (Å²) in [4.78, 5) is 12.4. The molecule has 1 heterocycles. The number of hydrogen-bond acceptors (Lipinski definition) is 3. The molecule has 0 aliphatic rings. The minimum absolute atomic E-state index is 0.246. The van der Waals surface area contributed by atoms with Gasteiger partial charge in [0.05, 0.1) is 5.69 Å². The molecule has 0 radical (unpaired) electrons. The fourth-order valence-corrected chi connectivity index (χ4v) is 3.27. The molecule has 0 aliphatic heterocycles. The summed E-state index contributed by atoms with van der Waals surface area (Å²) in [6.45, 7) is 1.88. The van der Waals surface area contributed by atoms with Crippen molar-refractivity contribution in [3.63, 3.8) is 0 Å². The van der Waals surface area contributed by atoms with Gasteiger partial charge in [-0.25, -0.2) is 0 Å². The molecule has 6 heteroatoms. The average molecular weight is 450 g/mol. The fraction of sp³-hybridized carbons (Fsp3) is 0.0556. The van der Waals surface area contributed by atoms with Crippen LogP contribution in [0.4, 0.5) is 11.4 Å². The van der Waals surface area contributed by atoms with Gasteiger partial charge in [-0.05, 0) is 64.8 Å². The summed E-state index contributed by atoms with van der Waals surface area (Å²) in [6.07, 6.45) is 0. The Morgan fingerprint density at radius 1 is 1.08 bits per heavy atom. The van der Waals surface area contributed by atoms with E-state index in [0.717, 1.165) is 20.1 Å². The quantitative estimate of drug-likeness (QED) is 0.510. The van der Waals surface area contributed by atoms with Crippen molar-refractivity contribution in [3.05, 3.63) is 68.8 Å². The number of benzene rings is 2. The second-order valence-corrected chi connectivity index (χ2v) is 7.09. The smallest absolute Gasteiger partial charge is 0.291 e. The molecule has 0 atom stereocenters. The van der Waals surface area contributed by atoms with Gasteiger partial charge < -0.3 is 15.5 Å². The predicted octanol–water partition coefficient (Wildman–Crippen LogP) is 5.61. The molecule has 0 saturated carbocycles. The Morgan fingerprint density at radius 2 is 1.79 bits per heavy atom. The minimum atomic E-state index is -0.313. The van der Waals surface area contributed by atoms with E-state index in [-0.39, 0.29) is 11.7 Å². The minimum Gasteiger partial charge on any atom is -0.451 e. The van der Waals surface area contributed by atoms with Crippen LogP contribution < -0.4 is 11.1 Å². The maximum Gasteiger partial charge on any atom is 0.291 e. The van der Waals surface area contributed by atoms with Gasteiger partial charge in [-0.15, -0.1) is 0 Å². The number of nitrogen functional groups attached to an aromatic ring is 1. The van der Waals surface area contributed by atoms with Crippen LogP contribution in [0.3, 0.4) is 0 Å². The Morgan fingerprint density at radius 3 is 2.46 bits per heavy atom. The molecule has 1 amide bonds. The number of hydrogen-bond donors (Lipinski definition) is 2. The Labute approximate surface area is 156 Å². The zero-order valence-electron chi connectivity index (χ0n) is 12.8. The zero-order chi connectivity index (χ0) is 17.3. The van der Waals surface area contributed by atoms with Gasteiger partial charge in [0.15, 0.2) is 5.76 Å². The molecule has 0 saturated heterocycles. The third-order valence-corrected chi connectivity index (χ3v) is 4.66. The SMILES string of the molecule is Cc1cc(N)cc(Br)c1NC(=O)c1ccc(-c2ccc(Br)cc2)o1. The number of aryl methyl sites for hydroxylation is 1. The molecule has 0 unspecified atom stereocenters. The topological polar surface area (TPSA) is 68.3 Å². The van der Waals surface area contributed by atoms with Crippen molar-refractivity contribution >= 4 is 49.1 Å². The van der Waals surface area contributed by atoms with E-state index in [0.29, 0.717) is 17.1 Å². The van der Waals surface area contributed by atoms with Crippen LogP contribution in [0.25, 0.3) is 11.3 Å². The zero-order valence-corrected chi connectivity index (χ0v) is 15.9. The largest absolute Gasteiger partial charge is 0.451 e. The molecule has 2 aromatic carbocycles. The van der Waals surface area contributed by atoms with Crippen molar-refractivity contribution in [1.82, 2.24) is 0 Å². The van der Waals surface area contributed by atoms with Gasteiger partial charge in [-0.1, -0.05) is 28.1 Å². The van der Waals surface area contributed by atoms with Gasteiger partial charge in [0.1, 0.15) is 5.76 Å². The van der Waals surface area contributed by atoms with Crippen LogP contribution in [0.1, 0.15) is 16.1 Å². The summed E-state index contributed by atoms with van der Waals surface area (Å²) in [6, 6.07) is 14.7. The number of nitrogens with one attached hydrogen (secondary N) is 1. The van der Waals surface area contributed by atoms with E-state index < -0.39 is 0 Å². The summed E-state index contributed by atoms with van der Waals surface area (Å²) < 4.78 is 7.39. The van der Waals surface area contributed by atoms with Crippen molar-refractivity contribution in [3.8, 4) is 11.3 Å². The first-order chi connectivity index (χ1) is 11.4. The lowest BCUT2D eigenvalue weighted by Crippen LogP contribution is -2.12. The van der Waals surface area contributed by atoms with Crippen LogP contribution >= 0.6 is 31.9 Å². The van der Waals surface area contributed by atoms with Crippen molar-refractivity contribution in [2.75, 3.05) is 11.1 Å². The third-order valence-electron chi connectivity index (χ3n) is 3.51. The lowest BCUT2D eigenvalue weighted by molar-refractivity contribution is 0.0997. The molecule has 3 rings (SSSR count). The van der Waals surface area contributed by atoms with E-state index in [1.807, 2.05) is 31.2 Å². The van der Waals surface area contributed by atoms with Crippen LogP contribution in [-0.4, -0.2) is 5.91 Å². The lowest BCUT2D eigenvalue weighted by Gasteiger charge is -2.10. The summed E-state index contributed by atoms with van der Waals surface area (Å²) >= 11 is 6.81. The maximum absolute atomic E-state index is 12.4. The third kappa shape index (κ3) is 3.55. The number of carbonyl (C=O) groups excluding carboxylic acids is 1. The average Bonchev–Trinajstić information content (AvgIpc) is 3.01. The highest BCUT2D eigenvalue weighted by Gasteiger charge is 2.15. The second kappa shape index (κ2) is 6.83. The monoisotopic (exact) mass is 448 g/mol. The molecule has 0 aliphatic carbocycles. The lowest BCUT2D eigenvalue weighted by atomic mass is 10.1. The van der Waals surface area contributed by atoms with E-state index in [2.05, 4.69) is 37.2 Å². The van der Waals surface area contributed by atoms with E-state index in [4.69, 9.17) is 10.2 Å². The van der Waals surface area contributed by atoms with Crippen LogP contribution in [0, 0.1) is 6.92 Å². The second-order valence-electron chi connectivity index (χ2n) is 5.32. The Kier molecular flexibility index (Phi) is 4.78. The number of nitrogens with two attached hydrogens (primary N) is 1. The highest BCUT2D eigenvalue weighted by molar-refractivity contribution is 9.10.